The third-order valence-corrected chi connectivity index (χ3v) is 5.84. The van der Waals surface area contributed by atoms with Crippen molar-refractivity contribution >= 4 is 0 Å². The Morgan fingerprint density at radius 2 is 1.95 bits per heavy atom. The number of hydrogen-bond acceptors (Lipinski definition) is 2. The highest BCUT2D eigenvalue weighted by atomic mass is 19.1. The zero-order valence-corrected chi connectivity index (χ0v) is 12.1. The van der Waals surface area contributed by atoms with Crippen molar-refractivity contribution in [2.24, 2.45) is 23.7 Å². The highest BCUT2D eigenvalue weighted by molar-refractivity contribution is 5.37. The van der Waals surface area contributed by atoms with E-state index in [2.05, 4.69) is 12.2 Å². The number of fused-ring (bicyclic) bond motifs is 5. The molecule has 1 aromatic carbocycles. The molecule has 4 rings (SSSR count). The van der Waals surface area contributed by atoms with Gasteiger partial charge in [-0.3, -0.25) is 0 Å². The highest BCUT2D eigenvalue weighted by Gasteiger charge is 2.64. The molecule has 0 radical (unpaired) electrons. The molecule has 0 aromatic heterocycles. The molecule has 1 aromatic rings. The van der Waals surface area contributed by atoms with Crippen molar-refractivity contribution in [2.75, 3.05) is 7.11 Å². The molecular weight excluding hydrogens is 253 g/mol. The highest BCUT2D eigenvalue weighted by Crippen LogP contribution is 2.65. The molecule has 20 heavy (non-hydrogen) atoms. The van der Waals surface area contributed by atoms with Crippen molar-refractivity contribution in [1.29, 1.82) is 0 Å². The van der Waals surface area contributed by atoms with Crippen molar-refractivity contribution in [1.82, 2.24) is 5.32 Å². The average molecular weight is 275 g/mol. The molecule has 1 N–H and O–H groups in total. The molecule has 2 bridgehead atoms. The summed E-state index contributed by atoms with van der Waals surface area (Å²) in [6.07, 6.45) is 4.29. The largest absolute Gasteiger partial charge is 0.496 e. The van der Waals surface area contributed by atoms with E-state index in [1.54, 1.807) is 13.2 Å². The SMILES string of the molecule is COc1cccc(F)c1C(C)NC1C2C3CCC(C3)C12. The van der Waals surface area contributed by atoms with E-state index in [9.17, 15) is 4.39 Å². The number of hydrogen-bond donors (Lipinski definition) is 1. The van der Waals surface area contributed by atoms with Crippen molar-refractivity contribution in [3.05, 3.63) is 29.6 Å². The second kappa shape index (κ2) is 4.45. The van der Waals surface area contributed by atoms with Crippen LogP contribution in [0.4, 0.5) is 4.39 Å². The maximum Gasteiger partial charge on any atom is 0.131 e. The summed E-state index contributed by atoms with van der Waals surface area (Å²) in [4.78, 5) is 0. The van der Waals surface area contributed by atoms with Gasteiger partial charge in [0.1, 0.15) is 11.6 Å². The molecule has 108 valence electrons. The van der Waals surface area contributed by atoms with Crippen LogP contribution in [0.5, 0.6) is 5.75 Å². The zero-order valence-electron chi connectivity index (χ0n) is 12.1. The van der Waals surface area contributed by atoms with Gasteiger partial charge in [-0.05, 0) is 62.0 Å². The van der Waals surface area contributed by atoms with E-state index in [-0.39, 0.29) is 11.9 Å². The van der Waals surface area contributed by atoms with E-state index in [0.29, 0.717) is 17.4 Å². The maximum atomic E-state index is 14.1. The van der Waals surface area contributed by atoms with Gasteiger partial charge in [0.05, 0.1) is 7.11 Å². The van der Waals surface area contributed by atoms with Gasteiger partial charge in [-0.2, -0.15) is 0 Å². The van der Waals surface area contributed by atoms with Gasteiger partial charge in [-0.15, -0.1) is 0 Å². The Kier molecular flexibility index (Phi) is 2.81. The molecule has 3 fully saturated rings. The van der Waals surface area contributed by atoms with Crippen LogP contribution in [0.15, 0.2) is 18.2 Å². The van der Waals surface area contributed by atoms with Crippen LogP contribution in [-0.4, -0.2) is 13.2 Å². The van der Waals surface area contributed by atoms with E-state index in [1.165, 1.54) is 25.3 Å². The first-order chi connectivity index (χ1) is 9.70. The molecule has 3 aliphatic carbocycles. The Morgan fingerprint density at radius 1 is 1.25 bits per heavy atom. The van der Waals surface area contributed by atoms with Crippen molar-refractivity contribution in [3.63, 3.8) is 0 Å². The minimum atomic E-state index is -0.168. The summed E-state index contributed by atoms with van der Waals surface area (Å²) < 4.78 is 19.4. The fourth-order valence-corrected chi connectivity index (χ4v) is 5.04. The van der Waals surface area contributed by atoms with Crippen LogP contribution < -0.4 is 10.1 Å². The summed E-state index contributed by atoms with van der Waals surface area (Å²) in [5.74, 6) is 4.11. The van der Waals surface area contributed by atoms with Gasteiger partial charge in [-0.25, -0.2) is 4.39 Å². The quantitative estimate of drug-likeness (QED) is 0.907. The summed E-state index contributed by atoms with van der Waals surface area (Å²) in [7, 11) is 1.61. The van der Waals surface area contributed by atoms with E-state index in [0.717, 1.165) is 23.7 Å². The molecule has 3 saturated carbocycles. The summed E-state index contributed by atoms with van der Waals surface area (Å²) in [6, 6.07) is 5.69. The molecular formula is C17H22FNO. The molecule has 5 atom stereocenters. The summed E-state index contributed by atoms with van der Waals surface area (Å²) in [5.41, 5.74) is 0.673. The zero-order chi connectivity index (χ0) is 13.9. The van der Waals surface area contributed by atoms with E-state index in [4.69, 9.17) is 4.74 Å². The van der Waals surface area contributed by atoms with E-state index < -0.39 is 0 Å². The standard InChI is InChI=1S/C17H22FNO/c1-9(14-12(18)4-3-5-13(14)20-2)19-17-15-10-6-7-11(8-10)16(15)17/h3-5,9-11,15-17,19H,6-8H2,1-2H3. The topological polar surface area (TPSA) is 21.3 Å². The van der Waals surface area contributed by atoms with Crippen LogP contribution in [-0.2, 0) is 0 Å². The van der Waals surface area contributed by atoms with E-state index >= 15 is 0 Å². The third kappa shape index (κ3) is 1.72. The normalized spacial score (nSPS) is 38.6. The molecule has 0 saturated heterocycles. The Labute approximate surface area is 119 Å². The minimum Gasteiger partial charge on any atom is -0.496 e. The monoisotopic (exact) mass is 275 g/mol. The first-order valence-corrected chi connectivity index (χ1v) is 7.79. The third-order valence-electron chi connectivity index (χ3n) is 5.84. The molecule has 0 amide bonds. The number of benzene rings is 1. The van der Waals surface area contributed by atoms with Gasteiger partial charge in [0.2, 0.25) is 0 Å². The number of nitrogens with one attached hydrogen (secondary N) is 1. The Balaban J connectivity index is 1.51. The van der Waals surface area contributed by atoms with Crippen LogP contribution in [0.2, 0.25) is 0 Å². The number of methoxy groups -OCH3 is 1. The fourth-order valence-electron chi connectivity index (χ4n) is 5.04. The number of ether oxygens (including phenoxy) is 1. The van der Waals surface area contributed by atoms with Crippen LogP contribution in [0.1, 0.15) is 37.8 Å². The molecule has 3 heteroatoms. The first kappa shape index (κ1) is 12.6. The number of rotatable bonds is 4. The van der Waals surface area contributed by atoms with Gasteiger partial charge in [0.25, 0.3) is 0 Å². The van der Waals surface area contributed by atoms with Crippen LogP contribution in [0, 0.1) is 29.5 Å². The van der Waals surface area contributed by atoms with Crippen molar-refractivity contribution in [3.8, 4) is 5.75 Å². The summed E-state index contributed by atoms with van der Waals surface area (Å²) in [6.45, 7) is 2.05. The van der Waals surface area contributed by atoms with Crippen LogP contribution in [0.25, 0.3) is 0 Å². The molecule has 0 aliphatic heterocycles. The Hall–Kier alpha value is -1.09. The predicted octanol–water partition coefficient (Wildman–Crippen LogP) is 3.53. The smallest absolute Gasteiger partial charge is 0.131 e. The van der Waals surface area contributed by atoms with Gasteiger partial charge in [0, 0.05) is 17.6 Å². The maximum absolute atomic E-state index is 14.1. The Bertz CT molecular complexity index is 516. The van der Waals surface area contributed by atoms with Crippen molar-refractivity contribution in [2.45, 2.75) is 38.3 Å². The molecule has 0 heterocycles. The van der Waals surface area contributed by atoms with Crippen molar-refractivity contribution < 1.29 is 9.13 Å². The van der Waals surface area contributed by atoms with E-state index in [1.807, 2.05) is 6.07 Å². The van der Waals surface area contributed by atoms with Gasteiger partial charge >= 0.3 is 0 Å². The van der Waals surface area contributed by atoms with Gasteiger partial charge in [0.15, 0.2) is 0 Å². The first-order valence-electron chi connectivity index (χ1n) is 7.79. The molecule has 2 nitrogen and oxygen atoms in total. The lowest BCUT2D eigenvalue weighted by Crippen LogP contribution is -2.27. The second-order valence-corrected chi connectivity index (χ2v) is 6.76. The fraction of sp³-hybridized carbons (Fsp3) is 0.647. The Morgan fingerprint density at radius 3 is 2.60 bits per heavy atom. The second-order valence-electron chi connectivity index (χ2n) is 6.76. The van der Waals surface area contributed by atoms with Gasteiger partial charge < -0.3 is 10.1 Å². The molecule has 5 unspecified atom stereocenters. The lowest BCUT2D eigenvalue weighted by molar-refractivity contribution is 0.383. The van der Waals surface area contributed by atoms with Gasteiger partial charge in [-0.1, -0.05) is 6.07 Å². The molecule has 3 aliphatic rings. The average Bonchev–Trinajstić information content (AvgIpc) is 2.84. The molecule has 0 spiro atoms. The lowest BCUT2D eigenvalue weighted by atomic mass is 10.0. The van der Waals surface area contributed by atoms with Crippen LogP contribution in [0.3, 0.4) is 0 Å². The minimum absolute atomic E-state index is 0.0150. The number of halogens is 1. The summed E-state index contributed by atoms with van der Waals surface area (Å²) >= 11 is 0. The summed E-state index contributed by atoms with van der Waals surface area (Å²) in [5, 5.41) is 3.67. The lowest BCUT2D eigenvalue weighted by Gasteiger charge is -2.20. The van der Waals surface area contributed by atoms with Crippen LogP contribution >= 0.6 is 0 Å². The predicted molar refractivity (Wildman–Crippen MR) is 76.1 cm³/mol.